The molecule has 170 valence electrons. The van der Waals surface area contributed by atoms with E-state index in [2.05, 4.69) is 15.3 Å². The zero-order chi connectivity index (χ0) is 24.0. The maximum Gasteiger partial charge on any atom is 0.356 e. The van der Waals surface area contributed by atoms with Gasteiger partial charge in [0.15, 0.2) is 23.2 Å². The lowest BCUT2D eigenvalue weighted by atomic mass is 10.0. The van der Waals surface area contributed by atoms with E-state index >= 15 is 0 Å². The van der Waals surface area contributed by atoms with Crippen LogP contribution in [0.15, 0.2) is 33.5 Å². The average Bonchev–Trinajstić information content (AvgIpc) is 3.09. The highest BCUT2D eigenvalue weighted by molar-refractivity contribution is 6.29. The summed E-state index contributed by atoms with van der Waals surface area (Å²) >= 11 is 5.87. The Bertz CT molecular complexity index is 1470. The molecule has 0 spiro atoms. The molecule has 0 aliphatic carbocycles. The Balaban J connectivity index is 1.90. The van der Waals surface area contributed by atoms with E-state index in [0.29, 0.717) is 39.8 Å². The van der Waals surface area contributed by atoms with Crippen LogP contribution in [0.5, 0.6) is 0 Å². The number of hydrogen-bond donors (Lipinski definition) is 2. The highest BCUT2D eigenvalue weighted by atomic mass is 35.5. The number of pyridine rings is 1. The van der Waals surface area contributed by atoms with Gasteiger partial charge in [-0.1, -0.05) is 17.7 Å². The van der Waals surface area contributed by atoms with Crippen molar-refractivity contribution in [1.29, 1.82) is 0 Å². The number of rotatable bonds is 5. The molecule has 4 aromatic rings. The number of nitrogens with one attached hydrogen (secondary N) is 1. The first-order valence-electron chi connectivity index (χ1n) is 10.2. The molecule has 0 fully saturated rings. The van der Waals surface area contributed by atoms with E-state index < -0.39 is 12.0 Å². The molecule has 3 aromatic heterocycles. The maximum atomic E-state index is 13.2. The molecule has 4 rings (SSSR count). The third-order valence-electron chi connectivity index (χ3n) is 5.36. The Morgan fingerprint density at radius 2 is 1.91 bits per heavy atom. The second kappa shape index (κ2) is 8.32. The normalized spacial score (nSPS) is 12.2. The SMILES string of the molecule is Cc1cc([C@@H](C)Nc2ccc(Cl)nc2C(=O)O)c2nc(-c3oc(C)nc3C)n(C)c(=O)c2c1. The van der Waals surface area contributed by atoms with E-state index in [1.54, 1.807) is 33.0 Å². The third-order valence-corrected chi connectivity index (χ3v) is 5.57. The van der Waals surface area contributed by atoms with Gasteiger partial charge in [-0.25, -0.2) is 19.7 Å². The lowest BCUT2D eigenvalue weighted by Crippen LogP contribution is -2.22. The van der Waals surface area contributed by atoms with E-state index in [0.717, 1.165) is 11.1 Å². The number of carbonyl (C=O) groups is 1. The van der Waals surface area contributed by atoms with E-state index in [4.69, 9.17) is 21.0 Å². The maximum absolute atomic E-state index is 13.2. The van der Waals surface area contributed by atoms with Crippen molar-refractivity contribution < 1.29 is 14.3 Å². The predicted molar refractivity (Wildman–Crippen MR) is 125 cm³/mol. The molecule has 2 N–H and O–H groups in total. The van der Waals surface area contributed by atoms with Crippen LogP contribution >= 0.6 is 11.6 Å². The van der Waals surface area contributed by atoms with Gasteiger partial charge < -0.3 is 14.8 Å². The zero-order valence-corrected chi connectivity index (χ0v) is 19.5. The van der Waals surface area contributed by atoms with Crippen LogP contribution in [0.25, 0.3) is 22.5 Å². The number of anilines is 1. The van der Waals surface area contributed by atoms with Gasteiger partial charge in [-0.3, -0.25) is 9.36 Å². The van der Waals surface area contributed by atoms with E-state index in [1.165, 1.54) is 10.6 Å². The number of aryl methyl sites for hydroxylation is 3. The summed E-state index contributed by atoms with van der Waals surface area (Å²) in [6.45, 7) is 7.27. The van der Waals surface area contributed by atoms with Crippen LogP contribution in [0, 0.1) is 20.8 Å². The third kappa shape index (κ3) is 4.07. The predicted octanol–water partition coefficient (Wildman–Crippen LogP) is 4.43. The summed E-state index contributed by atoms with van der Waals surface area (Å²) in [5.74, 6) is 0.0673. The molecule has 0 unspecified atom stereocenters. The van der Waals surface area contributed by atoms with Crippen LogP contribution in [-0.4, -0.2) is 30.6 Å². The van der Waals surface area contributed by atoms with Gasteiger partial charge in [-0.05, 0) is 44.5 Å². The van der Waals surface area contributed by atoms with Gasteiger partial charge in [-0.2, -0.15) is 0 Å². The first kappa shape index (κ1) is 22.5. The minimum atomic E-state index is -1.20. The molecule has 1 aromatic carbocycles. The number of carboxylic acid groups (broad SMARTS) is 1. The fourth-order valence-corrected chi connectivity index (χ4v) is 4.00. The van der Waals surface area contributed by atoms with Gasteiger partial charge in [0.1, 0.15) is 5.15 Å². The van der Waals surface area contributed by atoms with Crippen molar-refractivity contribution in [3.8, 4) is 11.6 Å². The molecule has 0 saturated carbocycles. The molecule has 0 aliphatic heterocycles. The van der Waals surface area contributed by atoms with Crippen LogP contribution in [0.3, 0.4) is 0 Å². The summed E-state index contributed by atoms with van der Waals surface area (Å²) < 4.78 is 7.17. The number of nitrogens with zero attached hydrogens (tertiary/aromatic N) is 4. The monoisotopic (exact) mass is 467 g/mol. The van der Waals surface area contributed by atoms with Gasteiger partial charge in [-0.15, -0.1) is 0 Å². The molecule has 0 amide bonds. The summed E-state index contributed by atoms with van der Waals surface area (Å²) in [4.78, 5) is 37.9. The number of benzene rings is 1. The molecule has 1 atom stereocenters. The Labute approximate surface area is 194 Å². The molecule has 3 heterocycles. The quantitative estimate of drug-likeness (QED) is 0.413. The number of aromatic nitrogens is 4. The summed E-state index contributed by atoms with van der Waals surface area (Å²) in [7, 11) is 1.64. The number of aromatic carboxylic acids is 1. The Kier molecular flexibility index (Phi) is 5.67. The number of oxazole rings is 1. The van der Waals surface area contributed by atoms with Crippen molar-refractivity contribution in [3.63, 3.8) is 0 Å². The van der Waals surface area contributed by atoms with E-state index in [1.807, 2.05) is 19.9 Å². The molecule has 0 bridgehead atoms. The minimum Gasteiger partial charge on any atom is -0.476 e. The zero-order valence-electron chi connectivity index (χ0n) is 18.7. The fourth-order valence-electron chi connectivity index (χ4n) is 3.85. The van der Waals surface area contributed by atoms with Crippen LogP contribution in [-0.2, 0) is 7.05 Å². The second-order valence-electron chi connectivity index (χ2n) is 7.90. The van der Waals surface area contributed by atoms with Gasteiger partial charge in [0.25, 0.3) is 5.56 Å². The van der Waals surface area contributed by atoms with Crippen molar-refractivity contribution in [2.75, 3.05) is 5.32 Å². The van der Waals surface area contributed by atoms with Crippen molar-refractivity contribution >= 4 is 34.2 Å². The van der Waals surface area contributed by atoms with Gasteiger partial charge in [0.05, 0.1) is 28.3 Å². The van der Waals surface area contributed by atoms with Crippen LogP contribution in [0.1, 0.15) is 46.2 Å². The van der Waals surface area contributed by atoms with Crippen LogP contribution in [0.4, 0.5) is 5.69 Å². The highest BCUT2D eigenvalue weighted by Crippen LogP contribution is 2.30. The van der Waals surface area contributed by atoms with Crippen LogP contribution in [0.2, 0.25) is 5.15 Å². The number of fused-ring (bicyclic) bond motifs is 1. The summed E-state index contributed by atoms with van der Waals surface area (Å²) in [6, 6.07) is 6.37. The standard InChI is InChI=1S/C23H22ClN5O4/c1-10-8-14(11(2)26-16-6-7-17(24)27-19(16)23(31)32)18-15(9-10)22(30)29(5)21(28-18)20-12(3)25-13(4)33-20/h6-9,11,26H,1-5H3,(H,31,32)/t11-/m1/s1. The van der Waals surface area contributed by atoms with Crippen molar-refractivity contribution in [2.45, 2.75) is 33.7 Å². The number of carboxylic acids is 1. The number of halogens is 1. The van der Waals surface area contributed by atoms with Gasteiger partial charge in [0.2, 0.25) is 0 Å². The Hall–Kier alpha value is -3.72. The molecular weight excluding hydrogens is 446 g/mol. The molecule has 9 nitrogen and oxygen atoms in total. The average molecular weight is 468 g/mol. The molecule has 0 aliphatic rings. The molecule has 10 heteroatoms. The van der Waals surface area contributed by atoms with Crippen LogP contribution < -0.4 is 10.9 Å². The van der Waals surface area contributed by atoms with E-state index in [9.17, 15) is 14.7 Å². The minimum absolute atomic E-state index is 0.0825. The summed E-state index contributed by atoms with van der Waals surface area (Å²) in [5.41, 5.74) is 2.61. The first-order chi connectivity index (χ1) is 15.6. The second-order valence-corrected chi connectivity index (χ2v) is 8.29. The fraction of sp³-hybridized carbons (Fsp3) is 0.261. The number of hydrogen-bond acceptors (Lipinski definition) is 7. The van der Waals surface area contributed by atoms with E-state index in [-0.39, 0.29) is 16.4 Å². The summed E-state index contributed by atoms with van der Waals surface area (Å²) in [6.07, 6.45) is 0. The topological polar surface area (TPSA) is 123 Å². The Morgan fingerprint density at radius 3 is 2.55 bits per heavy atom. The van der Waals surface area contributed by atoms with Crippen molar-refractivity contribution in [3.05, 3.63) is 68.2 Å². The largest absolute Gasteiger partial charge is 0.476 e. The first-order valence-corrected chi connectivity index (χ1v) is 10.6. The van der Waals surface area contributed by atoms with Gasteiger partial charge >= 0.3 is 5.97 Å². The van der Waals surface area contributed by atoms with Gasteiger partial charge in [0, 0.05) is 19.5 Å². The molecule has 0 radical (unpaired) electrons. The lowest BCUT2D eigenvalue weighted by Gasteiger charge is -2.20. The Morgan fingerprint density at radius 1 is 1.18 bits per heavy atom. The molecule has 33 heavy (non-hydrogen) atoms. The highest BCUT2D eigenvalue weighted by Gasteiger charge is 2.22. The van der Waals surface area contributed by atoms with Crippen molar-refractivity contribution in [1.82, 2.24) is 19.5 Å². The molecule has 0 saturated heterocycles. The smallest absolute Gasteiger partial charge is 0.356 e. The summed E-state index contributed by atoms with van der Waals surface area (Å²) in [5, 5.41) is 13.2. The van der Waals surface area contributed by atoms with Crippen molar-refractivity contribution in [2.24, 2.45) is 7.05 Å². The lowest BCUT2D eigenvalue weighted by molar-refractivity contribution is 0.0691. The molecular formula is C23H22ClN5O4.